The number of carbonyl (C=O) groups is 1. The first-order valence-corrected chi connectivity index (χ1v) is 8.04. The van der Waals surface area contributed by atoms with Gasteiger partial charge in [-0.05, 0) is 40.2 Å². The zero-order chi connectivity index (χ0) is 16.3. The Morgan fingerprint density at radius 1 is 1.14 bits per heavy atom. The second-order valence-electron chi connectivity index (χ2n) is 7.25. The number of nitrogens with zero attached hydrogens (tertiary/aromatic N) is 2. The predicted molar refractivity (Wildman–Crippen MR) is 88.7 cm³/mol. The standard InChI is InChI=1S/C18H28N2O2/c1-14-12-20(17(21)22-18(3,4)5)15(2)11-19(14)13-16-9-7-6-8-10-16/h6-10,14-15H,11-13H2,1-5H3/t14-,15?/m1/s1. The van der Waals surface area contributed by atoms with E-state index >= 15 is 0 Å². The van der Waals surface area contributed by atoms with Crippen molar-refractivity contribution in [1.29, 1.82) is 0 Å². The summed E-state index contributed by atoms with van der Waals surface area (Å²) in [5.74, 6) is 0. The second kappa shape index (κ2) is 6.69. The van der Waals surface area contributed by atoms with E-state index in [1.165, 1.54) is 5.56 Å². The topological polar surface area (TPSA) is 32.8 Å². The van der Waals surface area contributed by atoms with Crippen LogP contribution in [0.4, 0.5) is 4.79 Å². The van der Waals surface area contributed by atoms with Crippen molar-refractivity contribution in [3.05, 3.63) is 35.9 Å². The molecular formula is C18H28N2O2. The molecule has 22 heavy (non-hydrogen) atoms. The van der Waals surface area contributed by atoms with Gasteiger partial charge in [-0.1, -0.05) is 30.3 Å². The molecule has 2 rings (SSSR count). The van der Waals surface area contributed by atoms with Crippen molar-refractivity contribution in [3.8, 4) is 0 Å². The van der Waals surface area contributed by atoms with Gasteiger partial charge in [-0.15, -0.1) is 0 Å². The molecule has 1 aromatic rings. The Morgan fingerprint density at radius 3 is 2.36 bits per heavy atom. The van der Waals surface area contributed by atoms with Crippen molar-refractivity contribution < 1.29 is 9.53 Å². The fraction of sp³-hybridized carbons (Fsp3) is 0.611. The fourth-order valence-electron chi connectivity index (χ4n) is 2.81. The molecule has 2 atom stereocenters. The van der Waals surface area contributed by atoms with Crippen molar-refractivity contribution in [2.45, 2.75) is 58.8 Å². The minimum atomic E-state index is -0.443. The number of ether oxygens (including phenoxy) is 1. The average Bonchev–Trinajstić information content (AvgIpc) is 2.41. The summed E-state index contributed by atoms with van der Waals surface area (Å²) in [5, 5.41) is 0. The largest absolute Gasteiger partial charge is 0.444 e. The van der Waals surface area contributed by atoms with Gasteiger partial charge in [0.2, 0.25) is 0 Å². The lowest BCUT2D eigenvalue weighted by molar-refractivity contribution is -0.0117. The first kappa shape index (κ1) is 16.8. The molecule has 122 valence electrons. The van der Waals surface area contributed by atoms with Crippen molar-refractivity contribution in [3.63, 3.8) is 0 Å². The van der Waals surface area contributed by atoms with Crippen molar-refractivity contribution in [2.75, 3.05) is 13.1 Å². The van der Waals surface area contributed by atoms with Gasteiger partial charge in [0.25, 0.3) is 0 Å². The number of hydrogen-bond acceptors (Lipinski definition) is 3. The minimum absolute atomic E-state index is 0.162. The normalized spacial score (nSPS) is 23.4. The Balaban J connectivity index is 1.98. The van der Waals surface area contributed by atoms with Gasteiger partial charge in [-0.2, -0.15) is 0 Å². The molecule has 1 amide bonds. The van der Waals surface area contributed by atoms with Crippen molar-refractivity contribution >= 4 is 6.09 Å². The van der Waals surface area contributed by atoms with E-state index in [4.69, 9.17) is 4.74 Å². The molecule has 0 spiro atoms. The molecule has 0 radical (unpaired) electrons. The maximum Gasteiger partial charge on any atom is 0.410 e. The molecule has 1 aromatic carbocycles. The highest BCUT2D eigenvalue weighted by Gasteiger charge is 2.34. The molecule has 1 aliphatic rings. The summed E-state index contributed by atoms with van der Waals surface area (Å²) in [4.78, 5) is 16.6. The third kappa shape index (κ3) is 4.47. The Hall–Kier alpha value is -1.55. The molecule has 0 N–H and O–H groups in total. The third-order valence-electron chi connectivity index (χ3n) is 3.97. The smallest absolute Gasteiger partial charge is 0.410 e. The zero-order valence-electron chi connectivity index (χ0n) is 14.4. The Morgan fingerprint density at radius 2 is 1.77 bits per heavy atom. The van der Waals surface area contributed by atoms with Gasteiger partial charge in [0, 0.05) is 31.7 Å². The van der Waals surface area contributed by atoms with Gasteiger partial charge in [0.15, 0.2) is 0 Å². The highest BCUT2D eigenvalue weighted by atomic mass is 16.6. The van der Waals surface area contributed by atoms with Crippen LogP contribution in [0.5, 0.6) is 0 Å². The van der Waals surface area contributed by atoms with Crippen LogP contribution in [0, 0.1) is 0 Å². The van der Waals surface area contributed by atoms with Gasteiger partial charge < -0.3 is 9.64 Å². The number of piperazine rings is 1. The number of hydrogen-bond donors (Lipinski definition) is 0. The predicted octanol–water partition coefficient (Wildman–Crippen LogP) is 3.52. The van der Waals surface area contributed by atoms with Gasteiger partial charge >= 0.3 is 6.09 Å². The maximum atomic E-state index is 12.3. The first-order valence-electron chi connectivity index (χ1n) is 8.04. The van der Waals surface area contributed by atoms with Gasteiger partial charge in [0.05, 0.1) is 0 Å². The minimum Gasteiger partial charge on any atom is -0.444 e. The first-order chi connectivity index (χ1) is 10.3. The second-order valence-corrected chi connectivity index (χ2v) is 7.25. The summed E-state index contributed by atoms with van der Waals surface area (Å²) in [7, 11) is 0. The number of carbonyl (C=O) groups excluding carboxylic acids is 1. The molecule has 0 aliphatic carbocycles. The van der Waals surface area contributed by atoms with E-state index in [2.05, 4.69) is 43.0 Å². The Kier molecular flexibility index (Phi) is 5.12. The molecule has 0 aromatic heterocycles. The van der Waals surface area contributed by atoms with E-state index in [1.54, 1.807) is 0 Å². The highest BCUT2D eigenvalue weighted by Crippen LogP contribution is 2.20. The fourth-order valence-corrected chi connectivity index (χ4v) is 2.81. The van der Waals surface area contributed by atoms with E-state index in [-0.39, 0.29) is 12.1 Å². The summed E-state index contributed by atoms with van der Waals surface area (Å²) < 4.78 is 5.52. The van der Waals surface area contributed by atoms with E-state index in [1.807, 2.05) is 31.7 Å². The molecule has 1 aliphatic heterocycles. The lowest BCUT2D eigenvalue weighted by Crippen LogP contribution is -2.58. The van der Waals surface area contributed by atoms with Crippen LogP contribution in [-0.2, 0) is 11.3 Å². The monoisotopic (exact) mass is 304 g/mol. The summed E-state index contributed by atoms with van der Waals surface area (Å²) in [6.45, 7) is 12.5. The highest BCUT2D eigenvalue weighted by molar-refractivity contribution is 5.68. The molecule has 0 saturated carbocycles. The average molecular weight is 304 g/mol. The van der Waals surface area contributed by atoms with Crippen LogP contribution >= 0.6 is 0 Å². The lowest BCUT2D eigenvalue weighted by Gasteiger charge is -2.44. The van der Waals surface area contributed by atoms with Crippen LogP contribution in [0.25, 0.3) is 0 Å². The zero-order valence-corrected chi connectivity index (χ0v) is 14.4. The van der Waals surface area contributed by atoms with E-state index < -0.39 is 5.60 Å². The van der Waals surface area contributed by atoms with Crippen LogP contribution in [0.1, 0.15) is 40.2 Å². The Bertz CT molecular complexity index is 496. The van der Waals surface area contributed by atoms with Crippen LogP contribution in [0.15, 0.2) is 30.3 Å². The van der Waals surface area contributed by atoms with Gasteiger partial charge in [-0.3, -0.25) is 4.90 Å². The molecule has 4 nitrogen and oxygen atoms in total. The number of benzene rings is 1. The molecule has 0 bridgehead atoms. The van der Waals surface area contributed by atoms with Gasteiger partial charge in [0.1, 0.15) is 5.60 Å². The molecule has 1 saturated heterocycles. The lowest BCUT2D eigenvalue weighted by atomic mass is 10.1. The summed E-state index contributed by atoms with van der Waals surface area (Å²) in [6.07, 6.45) is -0.203. The van der Waals surface area contributed by atoms with Crippen molar-refractivity contribution in [1.82, 2.24) is 9.80 Å². The van der Waals surface area contributed by atoms with Crippen LogP contribution in [-0.4, -0.2) is 46.7 Å². The number of amides is 1. The molecular weight excluding hydrogens is 276 g/mol. The summed E-state index contributed by atoms with van der Waals surface area (Å²) in [5.41, 5.74) is 0.869. The van der Waals surface area contributed by atoms with Gasteiger partial charge in [-0.25, -0.2) is 4.79 Å². The summed E-state index contributed by atoms with van der Waals surface area (Å²) in [6, 6.07) is 11.0. The van der Waals surface area contributed by atoms with E-state index in [0.29, 0.717) is 12.6 Å². The van der Waals surface area contributed by atoms with Crippen LogP contribution in [0.2, 0.25) is 0 Å². The number of rotatable bonds is 2. The molecule has 1 fully saturated rings. The molecule has 1 unspecified atom stereocenters. The molecule has 1 heterocycles. The SMILES string of the molecule is CC1CN(Cc2ccccc2)[C@H](C)CN1C(=O)OC(C)(C)C. The third-order valence-corrected chi connectivity index (χ3v) is 3.97. The summed E-state index contributed by atoms with van der Waals surface area (Å²) >= 11 is 0. The van der Waals surface area contributed by atoms with E-state index in [9.17, 15) is 4.79 Å². The maximum absolute atomic E-state index is 12.3. The quantitative estimate of drug-likeness (QED) is 0.838. The Labute approximate surface area is 134 Å². The van der Waals surface area contributed by atoms with Crippen LogP contribution in [0.3, 0.4) is 0 Å². The van der Waals surface area contributed by atoms with Crippen molar-refractivity contribution in [2.24, 2.45) is 0 Å². The van der Waals surface area contributed by atoms with E-state index in [0.717, 1.165) is 13.1 Å². The molecule has 4 heteroatoms. The van der Waals surface area contributed by atoms with Crippen LogP contribution < -0.4 is 0 Å².